The third kappa shape index (κ3) is 4.32. The van der Waals surface area contributed by atoms with Gasteiger partial charge in [-0.2, -0.15) is 0 Å². The first-order valence-electron chi connectivity index (χ1n) is 8.37. The maximum atomic E-state index is 12.9. The standard InChI is InChI=1S/C19H17FN4O4/c20-14-4-2-12(3-5-14)17(26)23-19(28)22-10-24-9-13-7-11(8-16(21)25)1-6-15(13)18(24)27/h1-7H,8-10H2,(H2,21,25)(H2,22,23,26,28). The molecule has 8 nitrogen and oxygen atoms in total. The predicted molar refractivity (Wildman–Crippen MR) is 96.5 cm³/mol. The number of hydrogen-bond donors (Lipinski definition) is 3. The highest BCUT2D eigenvalue weighted by Gasteiger charge is 2.27. The first-order valence-corrected chi connectivity index (χ1v) is 8.37. The zero-order chi connectivity index (χ0) is 20.3. The van der Waals surface area contributed by atoms with E-state index in [0.29, 0.717) is 11.1 Å². The van der Waals surface area contributed by atoms with E-state index in [0.717, 1.165) is 17.7 Å². The molecular formula is C19H17FN4O4. The number of halogens is 1. The van der Waals surface area contributed by atoms with Gasteiger partial charge in [0.2, 0.25) is 5.91 Å². The number of imide groups is 1. The molecule has 1 aliphatic rings. The summed E-state index contributed by atoms with van der Waals surface area (Å²) < 4.78 is 12.9. The molecule has 144 valence electrons. The first-order chi connectivity index (χ1) is 13.3. The predicted octanol–water partition coefficient (Wildman–Crippen LogP) is 0.906. The van der Waals surface area contributed by atoms with Crippen molar-refractivity contribution in [2.45, 2.75) is 13.0 Å². The first kappa shape index (κ1) is 19.0. The molecule has 0 aliphatic carbocycles. The number of fused-ring (bicyclic) bond motifs is 1. The van der Waals surface area contributed by atoms with E-state index in [2.05, 4.69) is 10.6 Å². The Balaban J connectivity index is 1.55. The van der Waals surface area contributed by atoms with E-state index in [-0.39, 0.29) is 31.1 Å². The molecule has 0 saturated heterocycles. The fourth-order valence-electron chi connectivity index (χ4n) is 2.86. The second kappa shape index (κ2) is 7.87. The Morgan fingerprint density at radius 1 is 1.11 bits per heavy atom. The maximum absolute atomic E-state index is 12.9. The van der Waals surface area contributed by atoms with Gasteiger partial charge in [-0.05, 0) is 41.5 Å². The van der Waals surface area contributed by atoms with E-state index in [9.17, 15) is 23.6 Å². The van der Waals surface area contributed by atoms with Crippen LogP contribution in [0.15, 0.2) is 42.5 Å². The molecule has 0 bridgehead atoms. The molecule has 0 saturated carbocycles. The summed E-state index contributed by atoms with van der Waals surface area (Å²) in [6, 6.07) is 8.95. The van der Waals surface area contributed by atoms with Gasteiger partial charge in [0.15, 0.2) is 0 Å². The number of benzene rings is 2. The number of primary amides is 1. The minimum Gasteiger partial charge on any atom is -0.369 e. The lowest BCUT2D eigenvalue weighted by Gasteiger charge is -2.16. The highest BCUT2D eigenvalue weighted by molar-refractivity contribution is 6.04. The average molecular weight is 384 g/mol. The zero-order valence-electron chi connectivity index (χ0n) is 14.7. The van der Waals surface area contributed by atoms with Gasteiger partial charge in [0.05, 0.1) is 13.1 Å². The minimum absolute atomic E-state index is 0.0770. The normalized spacial score (nSPS) is 12.5. The van der Waals surface area contributed by atoms with Gasteiger partial charge in [0.1, 0.15) is 5.82 Å². The summed E-state index contributed by atoms with van der Waals surface area (Å²) >= 11 is 0. The molecule has 2 aromatic carbocycles. The highest BCUT2D eigenvalue weighted by atomic mass is 19.1. The lowest BCUT2D eigenvalue weighted by atomic mass is 10.0. The van der Waals surface area contributed by atoms with Crippen LogP contribution in [-0.4, -0.2) is 35.3 Å². The maximum Gasteiger partial charge on any atom is 0.323 e. The lowest BCUT2D eigenvalue weighted by Crippen LogP contribution is -2.44. The number of carbonyl (C=O) groups is 4. The Morgan fingerprint density at radius 3 is 2.50 bits per heavy atom. The number of urea groups is 1. The fourth-order valence-corrected chi connectivity index (χ4v) is 2.86. The quantitative estimate of drug-likeness (QED) is 0.709. The molecule has 2 aromatic rings. The number of hydrogen-bond acceptors (Lipinski definition) is 4. The third-order valence-corrected chi connectivity index (χ3v) is 4.19. The Morgan fingerprint density at radius 2 is 1.82 bits per heavy atom. The second-order valence-corrected chi connectivity index (χ2v) is 6.26. The van der Waals surface area contributed by atoms with Crippen LogP contribution in [0.1, 0.15) is 31.8 Å². The zero-order valence-corrected chi connectivity index (χ0v) is 14.7. The summed E-state index contributed by atoms with van der Waals surface area (Å²) in [7, 11) is 0. The molecule has 0 unspecified atom stereocenters. The van der Waals surface area contributed by atoms with Crippen molar-refractivity contribution >= 4 is 23.8 Å². The third-order valence-electron chi connectivity index (χ3n) is 4.19. The summed E-state index contributed by atoms with van der Waals surface area (Å²) in [5, 5.41) is 4.54. The fraction of sp³-hybridized carbons (Fsp3) is 0.158. The topological polar surface area (TPSA) is 122 Å². The van der Waals surface area contributed by atoms with Crippen molar-refractivity contribution in [1.82, 2.24) is 15.5 Å². The number of nitrogens with one attached hydrogen (secondary N) is 2. The van der Waals surface area contributed by atoms with E-state index in [4.69, 9.17) is 5.73 Å². The SMILES string of the molecule is NC(=O)Cc1ccc2c(c1)CN(CNC(=O)NC(=O)c1ccc(F)cc1)C2=O. The van der Waals surface area contributed by atoms with Crippen molar-refractivity contribution in [2.75, 3.05) is 6.67 Å². The molecule has 3 rings (SSSR count). The number of amides is 5. The van der Waals surface area contributed by atoms with Gasteiger partial charge in [0, 0.05) is 17.7 Å². The van der Waals surface area contributed by atoms with Gasteiger partial charge in [-0.1, -0.05) is 12.1 Å². The molecule has 0 aromatic heterocycles. The summed E-state index contributed by atoms with van der Waals surface area (Å²) in [5.74, 6) is -1.92. The number of nitrogens with two attached hydrogens (primary N) is 1. The molecule has 0 fully saturated rings. The Hall–Kier alpha value is -3.75. The minimum atomic E-state index is -0.785. The van der Waals surface area contributed by atoms with Crippen LogP contribution in [0.2, 0.25) is 0 Å². The molecule has 0 spiro atoms. The largest absolute Gasteiger partial charge is 0.369 e. The van der Waals surface area contributed by atoms with Crippen LogP contribution in [0.5, 0.6) is 0 Å². The van der Waals surface area contributed by atoms with Gasteiger partial charge < -0.3 is 16.0 Å². The number of rotatable bonds is 5. The summed E-state index contributed by atoms with van der Waals surface area (Å²) in [6.45, 7) is 0.147. The van der Waals surface area contributed by atoms with Crippen LogP contribution in [0, 0.1) is 5.82 Å². The number of nitrogens with zero attached hydrogens (tertiary/aromatic N) is 1. The van der Waals surface area contributed by atoms with Gasteiger partial charge in [-0.15, -0.1) is 0 Å². The second-order valence-electron chi connectivity index (χ2n) is 6.26. The van der Waals surface area contributed by atoms with E-state index >= 15 is 0 Å². The molecule has 28 heavy (non-hydrogen) atoms. The van der Waals surface area contributed by atoms with E-state index in [1.165, 1.54) is 17.0 Å². The van der Waals surface area contributed by atoms with Crippen LogP contribution in [0.25, 0.3) is 0 Å². The van der Waals surface area contributed by atoms with Crippen molar-refractivity contribution in [3.05, 3.63) is 70.5 Å². The number of carbonyl (C=O) groups excluding carboxylic acids is 4. The van der Waals surface area contributed by atoms with Crippen molar-refractivity contribution in [1.29, 1.82) is 0 Å². The van der Waals surface area contributed by atoms with E-state index < -0.39 is 23.7 Å². The van der Waals surface area contributed by atoms with Crippen molar-refractivity contribution in [3.8, 4) is 0 Å². The Kier molecular flexibility index (Phi) is 5.35. The molecule has 1 heterocycles. The molecule has 5 amide bonds. The van der Waals surface area contributed by atoms with Crippen molar-refractivity contribution in [2.24, 2.45) is 5.73 Å². The van der Waals surface area contributed by atoms with Crippen molar-refractivity contribution in [3.63, 3.8) is 0 Å². The molecule has 9 heteroatoms. The van der Waals surface area contributed by atoms with Gasteiger partial charge in [-0.3, -0.25) is 19.7 Å². The molecular weight excluding hydrogens is 367 g/mol. The van der Waals surface area contributed by atoms with Gasteiger partial charge in [0.25, 0.3) is 11.8 Å². The van der Waals surface area contributed by atoms with Crippen LogP contribution < -0.4 is 16.4 Å². The molecule has 0 atom stereocenters. The highest BCUT2D eigenvalue weighted by Crippen LogP contribution is 2.23. The monoisotopic (exact) mass is 384 g/mol. The van der Waals surface area contributed by atoms with Crippen LogP contribution in [-0.2, 0) is 17.8 Å². The smallest absolute Gasteiger partial charge is 0.323 e. The van der Waals surface area contributed by atoms with Gasteiger partial charge >= 0.3 is 6.03 Å². The summed E-state index contributed by atoms with van der Waals surface area (Å²) in [6.07, 6.45) is 0.0770. The molecule has 4 N–H and O–H groups in total. The van der Waals surface area contributed by atoms with E-state index in [1.807, 2.05) is 0 Å². The van der Waals surface area contributed by atoms with Crippen molar-refractivity contribution < 1.29 is 23.6 Å². The summed E-state index contributed by atoms with van der Waals surface area (Å²) in [5.41, 5.74) is 7.22. The molecule has 1 aliphatic heterocycles. The van der Waals surface area contributed by atoms with E-state index in [1.54, 1.807) is 18.2 Å². The Bertz CT molecular complexity index is 959. The summed E-state index contributed by atoms with van der Waals surface area (Å²) in [4.78, 5) is 48.6. The van der Waals surface area contributed by atoms with Crippen LogP contribution >= 0.6 is 0 Å². The lowest BCUT2D eigenvalue weighted by molar-refractivity contribution is -0.117. The Labute approximate surface area is 159 Å². The average Bonchev–Trinajstić information content (AvgIpc) is 2.95. The molecule has 0 radical (unpaired) electrons. The van der Waals surface area contributed by atoms with Gasteiger partial charge in [-0.25, -0.2) is 9.18 Å². The van der Waals surface area contributed by atoms with Crippen LogP contribution in [0.4, 0.5) is 9.18 Å². The van der Waals surface area contributed by atoms with Crippen LogP contribution in [0.3, 0.4) is 0 Å².